The maximum absolute atomic E-state index is 14.2. The molecule has 0 amide bonds. The molecule has 1 aromatic carbocycles. The highest BCUT2D eigenvalue weighted by Gasteiger charge is 2.78. The molecule has 1 saturated heterocycles. The summed E-state index contributed by atoms with van der Waals surface area (Å²) in [5.41, 5.74) is -0.808. The second-order valence-corrected chi connectivity index (χ2v) is 14.5. The van der Waals surface area contributed by atoms with Gasteiger partial charge in [-0.05, 0) is 76.5 Å². The van der Waals surface area contributed by atoms with E-state index in [2.05, 4.69) is 0 Å². The van der Waals surface area contributed by atoms with Crippen LogP contribution in [0.25, 0.3) is 0 Å². The summed E-state index contributed by atoms with van der Waals surface area (Å²) in [4.78, 5) is 28.1. The van der Waals surface area contributed by atoms with Gasteiger partial charge in [0.05, 0.1) is 43.8 Å². The van der Waals surface area contributed by atoms with E-state index in [0.29, 0.717) is 50.9 Å². The molecular formula is C32H42O11S. The van der Waals surface area contributed by atoms with E-state index in [1.807, 2.05) is 6.92 Å². The lowest BCUT2D eigenvalue weighted by Crippen LogP contribution is -2.54. The molecule has 6 atom stereocenters. The predicted octanol–water partition coefficient (Wildman–Crippen LogP) is 3.82. The molecule has 12 heteroatoms. The Labute approximate surface area is 258 Å². The minimum atomic E-state index is -4.26. The van der Waals surface area contributed by atoms with Crippen molar-refractivity contribution in [3.05, 3.63) is 41.0 Å². The van der Waals surface area contributed by atoms with Crippen molar-refractivity contribution < 1.29 is 50.6 Å². The van der Waals surface area contributed by atoms with Gasteiger partial charge < -0.3 is 28.4 Å². The fourth-order valence-electron chi connectivity index (χ4n) is 9.11. The molecule has 1 aliphatic heterocycles. The SMILES string of the molecule is CCOC(=O)[C@@H]1C2=C(CC[C@@H](OS(=O)(=O)c3ccc(C)cc3)[C@@]2(C)C(=O)OC)[C@@H]2CC[C@]3(OCOC)C[C@]12CC31OCCO1. The molecule has 0 radical (unpaired) electrons. The first-order valence-electron chi connectivity index (χ1n) is 15.3. The van der Waals surface area contributed by atoms with Crippen molar-refractivity contribution in [3.63, 3.8) is 0 Å². The Morgan fingerprint density at radius 3 is 2.39 bits per heavy atom. The maximum atomic E-state index is 14.2. The summed E-state index contributed by atoms with van der Waals surface area (Å²) < 4.78 is 68.6. The van der Waals surface area contributed by atoms with Crippen molar-refractivity contribution in [3.8, 4) is 0 Å². The zero-order chi connectivity index (χ0) is 31.5. The molecule has 0 aromatic heterocycles. The van der Waals surface area contributed by atoms with Crippen LogP contribution < -0.4 is 0 Å². The largest absolute Gasteiger partial charge is 0.468 e. The van der Waals surface area contributed by atoms with E-state index in [0.717, 1.165) is 11.1 Å². The van der Waals surface area contributed by atoms with E-state index < -0.39 is 56.3 Å². The Kier molecular flexibility index (Phi) is 8.03. The zero-order valence-electron chi connectivity index (χ0n) is 26.0. The number of allylic oxidation sites excluding steroid dienone is 1. The first-order valence-corrected chi connectivity index (χ1v) is 16.7. The van der Waals surface area contributed by atoms with E-state index in [1.54, 1.807) is 33.1 Å². The Morgan fingerprint density at radius 1 is 1.05 bits per heavy atom. The van der Waals surface area contributed by atoms with E-state index in [9.17, 15) is 18.0 Å². The fourth-order valence-corrected chi connectivity index (χ4v) is 10.3. The lowest BCUT2D eigenvalue weighted by molar-refractivity contribution is -0.289. The third kappa shape index (κ3) is 4.43. The molecule has 11 nitrogen and oxygen atoms in total. The van der Waals surface area contributed by atoms with Crippen molar-refractivity contribution in [1.82, 2.24) is 0 Å². The van der Waals surface area contributed by atoms with Crippen LogP contribution in [-0.2, 0) is 52.3 Å². The number of benzene rings is 1. The Morgan fingerprint density at radius 2 is 1.75 bits per heavy atom. The number of fused-ring (bicyclic) bond motifs is 3. The molecule has 0 N–H and O–H groups in total. The second kappa shape index (κ2) is 11.2. The van der Waals surface area contributed by atoms with Gasteiger partial charge in [-0.2, -0.15) is 8.42 Å². The maximum Gasteiger partial charge on any atom is 0.318 e. The summed E-state index contributed by atoms with van der Waals surface area (Å²) >= 11 is 0. The quantitative estimate of drug-likeness (QED) is 0.170. The van der Waals surface area contributed by atoms with E-state index in [1.165, 1.54) is 19.2 Å². The molecule has 44 heavy (non-hydrogen) atoms. The zero-order valence-corrected chi connectivity index (χ0v) is 26.8. The summed E-state index contributed by atoms with van der Waals surface area (Å²) in [6.07, 6.45) is 1.64. The summed E-state index contributed by atoms with van der Waals surface area (Å²) in [5.74, 6) is -3.22. The van der Waals surface area contributed by atoms with Crippen LogP contribution in [0.3, 0.4) is 0 Å². The van der Waals surface area contributed by atoms with Gasteiger partial charge in [0.1, 0.15) is 17.8 Å². The van der Waals surface area contributed by atoms with Crippen molar-refractivity contribution in [2.75, 3.05) is 40.8 Å². The van der Waals surface area contributed by atoms with Gasteiger partial charge in [-0.3, -0.25) is 13.8 Å². The van der Waals surface area contributed by atoms with Gasteiger partial charge in [0.15, 0.2) is 5.79 Å². The number of aryl methyl sites for hydroxylation is 1. The molecule has 1 heterocycles. The van der Waals surface area contributed by atoms with Crippen LogP contribution in [0.5, 0.6) is 0 Å². The normalized spacial score (nSPS) is 35.4. The average molecular weight is 635 g/mol. The average Bonchev–Trinajstić information content (AvgIpc) is 3.64. The van der Waals surface area contributed by atoms with Gasteiger partial charge in [0, 0.05) is 18.9 Å². The van der Waals surface area contributed by atoms with Crippen LogP contribution >= 0.6 is 0 Å². The highest BCUT2D eigenvalue weighted by molar-refractivity contribution is 7.86. The monoisotopic (exact) mass is 634 g/mol. The molecule has 242 valence electrons. The molecule has 4 aliphatic carbocycles. The number of hydrogen-bond acceptors (Lipinski definition) is 11. The number of methoxy groups -OCH3 is 2. The highest BCUT2D eigenvalue weighted by Crippen LogP contribution is 2.75. The Hall–Kier alpha value is -2.35. The highest BCUT2D eigenvalue weighted by atomic mass is 32.2. The van der Waals surface area contributed by atoms with Crippen molar-refractivity contribution >= 4 is 22.1 Å². The van der Waals surface area contributed by atoms with Gasteiger partial charge in [-0.25, -0.2) is 0 Å². The third-order valence-electron chi connectivity index (χ3n) is 10.8. The number of carbonyl (C=O) groups excluding carboxylic acids is 2. The lowest BCUT2D eigenvalue weighted by atomic mass is 9.61. The van der Waals surface area contributed by atoms with Crippen LogP contribution in [0.1, 0.15) is 57.9 Å². The van der Waals surface area contributed by atoms with Crippen LogP contribution in [0.4, 0.5) is 0 Å². The Bertz CT molecular complexity index is 1450. The smallest absolute Gasteiger partial charge is 0.318 e. The van der Waals surface area contributed by atoms with Crippen LogP contribution in [0.15, 0.2) is 40.3 Å². The first kappa shape index (κ1) is 31.6. The van der Waals surface area contributed by atoms with Crippen molar-refractivity contribution in [2.24, 2.45) is 22.7 Å². The molecule has 0 unspecified atom stereocenters. The molecule has 2 spiro atoms. The molecule has 3 fully saturated rings. The van der Waals surface area contributed by atoms with Crippen molar-refractivity contribution in [2.45, 2.75) is 81.7 Å². The number of hydrogen-bond donors (Lipinski definition) is 0. The summed E-state index contributed by atoms with van der Waals surface area (Å²) in [7, 11) is -1.44. The number of esters is 2. The molecular weight excluding hydrogens is 592 g/mol. The van der Waals surface area contributed by atoms with Crippen molar-refractivity contribution in [1.29, 1.82) is 0 Å². The number of rotatable bonds is 9. The van der Waals surface area contributed by atoms with Gasteiger partial charge in [0.2, 0.25) is 0 Å². The fraction of sp³-hybridized carbons (Fsp3) is 0.688. The van der Waals surface area contributed by atoms with Gasteiger partial charge in [-0.1, -0.05) is 23.3 Å². The minimum Gasteiger partial charge on any atom is -0.468 e. The van der Waals surface area contributed by atoms with Gasteiger partial charge in [0.25, 0.3) is 10.1 Å². The van der Waals surface area contributed by atoms with E-state index in [4.69, 9.17) is 32.6 Å². The van der Waals surface area contributed by atoms with E-state index in [-0.39, 0.29) is 30.6 Å². The third-order valence-corrected chi connectivity index (χ3v) is 12.1. The minimum absolute atomic E-state index is 0.0101. The molecule has 6 rings (SSSR count). The van der Waals surface area contributed by atoms with Crippen LogP contribution in [0, 0.1) is 29.6 Å². The number of carbonyl (C=O) groups is 2. The second-order valence-electron chi connectivity index (χ2n) is 12.9. The summed E-state index contributed by atoms with van der Waals surface area (Å²) in [6.45, 7) is 6.19. The Balaban J connectivity index is 1.48. The van der Waals surface area contributed by atoms with Crippen LogP contribution in [-0.4, -0.2) is 78.7 Å². The molecule has 2 bridgehead atoms. The standard InChI is InChI=1S/C32H42O11S/c1-6-39-27(33)26-25-22(23-13-14-31(42-19-37-4)17-30(23,26)18-32(31)40-15-16-41-32)11-12-24(29(25,3)28(34)38-5)43-44(35,36)21-9-7-20(2)8-10-21/h7-10,23-24,26H,6,11-19H2,1-5H3/t23-,24+,26-,29+,30+,31-/m0/s1. The number of ether oxygens (including phenoxy) is 6. The first-order chi connectivity index (χ1) is 20.9. The van der Waals surface area contributed by atoms with Gasteiger partial charge >= 0.3 is 11.9 Å². The van der Waals surface area contributed by atoms with E-state index >= 15 is 0 Å². The lowest BCUT2D eigenvalue weighted by Gasteiger charge is -2.45. The molecule has 5 aliphatic rings. The van der Waals surface area contributed by atoms with Gasteiger partial charge in [-0.15, -0.1) is 0 Å². The van der Waals surface area contributed by atoms with Crippen LogP contribution in [0.2, 0.25) is 0 Å². The summed E-state index contributed by atoms with van der Waals surface area (Å²) in [5, 5.41) is 0. The predicted molar refractivity (Wildman–Crippen MR) is 154 cm³/mol. The molecule has 1 aromatic rings. The summed E-state index contributed by atoms with van der Waals surface area (Å²) in [6, 6.07) is 6.35. The topological polar surface area (TPSA) is 133 Å². The molecule has 2 saturated carbocycles.